The van der Waals surface area contributed by atoms with Gasteiger partial charge >= 0.3 is 5.97 Å². The highest BCUT2D eigenvalue weighted by molar-refractivity contribution is 5.82. The van der Waals surface area contributed by atoms with Crippen molar-refractivity contribution in [2.24, 2.45) is 5.41 Å². The van der Waals surface area contributed by atoms with Gasteiger partial charge < -0.3 is 4.74 Å². The van der Waals surface area contributed by atoms with Crippen molar-refractivity contribution < 1.29 is 13.9 Å². The second kappa shape index (κ2) is 1.71. The minimum absolute atomic E-state index is 0.284. The van der Waals surface area contributed by atoms with E-state index in [0.29, 0.717) is 0 Å². The minimum Gasteiger partial charge on any atom is -0.469 e. The normalized spacial score (nSPS) is 44.8. The zero-order valence-corrected chi connectivity index (χ0v) is 6.40. The molecule has 0 aromatic heterocycles. The fourth-order valence-electron chi connectivity index (χ4n) is 1.13. The van der Waals surface area contributed by atoms with Gasteiger partial charge in [0.25, 0.3) is 0 Å². The molecule has 2 unspecified atom stereocenters. The summed E-state index contributed by atoms with van der Waals surface area (Å²) in [6, 6.07) is 0. The van der Waals surface area contributed by atoms with Gasteiger partial charge in [0.05, 0.1) is 7.11 Å². The van der Waals surface area contributed by atoms with Gasteiger partial charge in [-0.2, -0.15) is 0 Å². The van der Waals surface area contributed by atoms with Crippen molar-refractivity contribution in [3.05, 3.63) is 0 Å². The Labute approximate surface area is 59.4 Å². The molecule has 0 amide bonds. The van der Waals surface area contributed by atoms with Gasteiger partial charge in [-0.05, 0) is 13.8 Å². The zero-order chi connectivity index (χ0) is 7.99. The molecule has 0 aromatic carbocycles. The van der Waals surface area contributed by atoms with Crippen molar-refractivity contribution in [3.63, 3.8) is 0 Å². The summed E-state index contributed by atoms with van der Waals surface area (Å²) in [7, 11) is 1.28. The number of hydrogen-bond acceptors (Lipinski definition) is 2. The number of esters is 1. The van der Waals surface area contributed by atoms with Gasteiger partial charge in [-0.15, -0.1) is 0 Å². The fraction of sp³-hybridized carbons (Fsp3) is 0.857. The molecule has 1 aliphatic rings. The predicted molar refractivity (Wildman–Crippen MR) is 34.3 cm³/mol. The van der Waals surface area contributed by atoms with Gasteiger partial charge in [-0.1, -0.05) is 0 Å². The summed E-state index contributed by atoms with van der Waals surface area (Å²) in [4.78, 5) is 10.8. The van der Waals surface area contributed by atoms with Gasteiger partial charge in [0, 0.05) is 6.42 Å². The van der Waals surface area contributed by atoms with Gasteiger partial charge in [-0.25, -0.2) is 4.39 Å². The summed E-state index contributed by atoms with van der Waals surface area (Å²) >= 11 is 0. The number of hydrogen-bond donors (Lipinski definition) is 0. The lowest BCUT2D eigenvalue weighted by Crippen LogP contribution is -2.21. The molecule has 0 N–H and O–H groups in total. The first-order valence-electron chi connectivity index (χ1n) is 3.21. The molecule has 0 heterocycles. The summed E-state index contributed by atoms with van der Waals surface area (Å²) in [5.74, 6) is -0.447. The van der Waals surface area contributed by atoms with Crippen molar-refractivity contribution in [3.8, 4) is 0 Å². The van der Waals surface area contributed by atoms with Crippen molar-refractivity contribution in [2.45, 2.75) is 25.9 Å². The second-order valence-electron chi connectivity index (χ2n) is 3.20. The van der Waals surface area contributed by atoms with Crippen LogP contribution in [0.15, 0.2) is 0 Å². The van der Waals surface area contributed by atoms with Crippen LogP contribution in [0.25, 0.3) is 0 Å². The summed E-state index contributed by atoms with van der Waals surface area (Å²) in [6.07, 6.45) is 0.284. The molecule has 1 saturated carbocycles. The van der Waals surface area contributed by atoms with Crippen LogP contribution >= 0.6 is 0 Å². The van der Waals surface area contributed by atoms with Crippen LogP contribution in [0.3, 0.4) is 0 Å². The highest BCUT2D eigenvalue weighted by Gasteiger charge is 2.68. The van der Waals surface area contributed by atoms with E-state index in [2.05, 4.69) is 4.74 Å². The fourth-order valence-corrected chi connectivity index (χ4v) is 1.13. The van der Waals surface area contributed by atoms with Crippen LogP contribution in [0.4, 0.5) is 4.39 Å². The smallest absolute Gasteiger partial charge is 0.314 e. The molecule has 0 radical (unpaired) electrons. The maximum absolute atomic E-state index is 13.0. The summed E-state index contributed by atoms with van der Waals surface area (Å²) in [6.45, 7) is 3.00. The number of halogens is 1. The maximum Gasteiger partial charge on any atom is 0.314 e. The summed E-state index contributed by atoms with van der Waals surface area (Å²) in [5.41, 5.74) is -2.22. The molecule has 0 spiro atoms. The first kappa shape index (κ1) is 7.51. The zero-order valence-electron chi connectivity index (χ0n) is 6.40. The lowest BCUT2D eigenvalue weighted by molar-refractivity contribution is -0.148. The van der Waals surface area contributed by atoms with E-state index in [9.17, 15) is 9.18 Å². The van der Waals surface area contributed by atoms with Gasteiger partial charge in [0.2, 0.25) is 0 Å². The molecule has 0 saturated heterocycles. The molecule has 1 fully saturated rings. The Bertz CT molecular complexity index is 176. The average Bonchev–Trinajstić information content (AvgIpc) is 2.32. The summed E-state index contributed by atoms with van der Waals surface area (Å²) in [5, 5.41) is 0. The van der Waals surface area contributed by atoms with Crippen molar-refractivity contribution in [1.29, 1.82) is 0 Å². The topological polar surface area (TPSA) is 26.3 Å². The van der Waals surface area contributed by atoms with Crippen LogP contribution in [0, 0.1) is 5.41 Å². The third-order valence-corrected chi connectivity index (χ3v) is 2.35. The third-order valence-electron chi connectivity index (χ3n) is 2.35. The number of rotatable bonds is 1. The quantitative estimate of drug-likeness (QED) is 0.521. The predicted octanol–water partition coefficient (Wildman–Crippen LogP) is 1.30. The largest absolute Gasteiger partial charge is 0.469 e. The van der Waals surface area contributed by atoms with Gasteiger partial charge in [-0.3, -0.25) is 4.79 Å². The Morgan fingerprint density at radius 1 is 1.60 bits per heavy atom. The number of carbonyl (C=O) groups excluding carboxylic acids is 1. The molecule has 0 aliphatic heterocycles. The minimum atomic E-state index is -1.35. The van der Waals surface area contributed by atoms with E-state index in [1.807, 2.05) is 0 Å². The van der Waals surface area contributed by atoms with Crippen molar-refractivity contribution in [1.82, 2.24) is 0 Å². The monoisotopic (exact) mass is 146 g/mol. The van der Waals surface area contributed by atoms with E-state index in [4.69, 9.17) is 0 Å². The Morgan fingerprint density at radius 2 is 2.00 bits per heavy atom. The number of methoxy groups -OCH3 is 1. The molecule has 1 rings (SSSR count). The first-order chi connectivity index (χ1) is 4.44. The maximum atomic E-state index is 13.0. The molecular weight excluding hydrogens is 135 g/mol. The van der Waals surface area contributed by atoms with Crippen LogP contribution in [-0.2, 0) is 9.53 Å². The Hall–Kier alpha value is -0.600. The van der Waals surface area contributed by atoms with Gasteiger partial charge in [0.1, 0.15) is 11.1 Å². The standard InChI is InChI=1S/C7H11FO2/c1-6(5(9)10-3)4-7(6,2)8/h4H2,1-3H3. The van der Waals surface area contributed by atoms with Crippen LogP contribution in [0.2, 0.25) is 0 Å². The molecule has 2 nitrogen and oxygen atoms in total. The van der Waals surface area contributed by atoms with Gasteiger partial charge in [0.15, 0.2) is 0 Å². The molecule has 3 heteroatoms. The Morgan fingerprint density at radius 3 is 2.10 bits per heavy atom. The number of carbonyl (C=O) groups is 1. The first-order valence-corrected chi connectivity index (χ1v) is 3.21. The average molecular weight is 146 g/mol. The number of alkyl halides is 1. The Kier molecular flexibility index (Phi) is 1.28. The van der Waals surface area contributed by atoms with E-state index in [1.165, 1.54) is 14.0 Å². The van der Waals surface area contributed by atoms with E-state index in [-0.39, 0.29) is 6.42 Å². The highest BCUT2D eigenvalue weighted by Crippen LogP contribution is 2.59. The number of ether oxygens (including phenoxy) is 1. The van der Waals surface area contributed by atoms with E-state index < -0.39 is 17.1 Å². The second-order valence-corrected chi connectivity index (χ2v) is 3.20. The van der Waals surface area contributed by atoms with E-state index in [0.717, 1.165) is 0 Å². The molecule has 0 aromatic rings. The van der Waals surface area contributed by atoms with Crippen molar-refractivity contribution >= 4 is 5.97 Å². The highest BCUT2D eigenvalue weighted by atomic mass is 19.1. The summed E-state index contributed by atoms with van der Waals surface area (Å²) < 4.78 is 17.4. The molecule has 10 heavy (non-hydrogen) atoms. The van der Waals surface area contributed by atoms with Crippen LogP contribution in [-0.4, -0.2) is 18.7 Å². The van der Waals surface area contributed by atoms with Crippen molar-refractivity contribution in [2.75, 3.05) is 7.11 Å². The van der Waals surface area contributed by atoms with E-state index in [1.54, 1.807) is 6.92 Å². The van der Waals surface area contributed by atoms with E-state index >= 15 is 0 Å². The van der Waals surface area contributed by atoms with Crippen LogP contribution in [0.5, 0.6) is 0 Å². The lowest BCUT2D eigenvalue weighted by atomic mass is 10.1. The Balaban J connectivity index is 2.68. The SMILES string of the molecule is COC(=O)C1(C)CC1(C)F. The van der Waals surface area contributed by atoms with Crippen LogP contribution in [0.1, 0.15) is 20.3 Å². The lowest BCUT2D eigenvalue weighted by Gasteiger charge is -2.07. The molecular formula is C7H11FO2. The molecule has 58 valence electrons. The van der Waals surface area contributed by atoms with Crippen LogP contribution < -0.4 is 0 Å². The third kappa shape index (κ3) is 0.728. The molecule has 2 atom stereocenters. The molecule has 1 aliphatic carbocycles. The molecule has 0 bridgehead atoms.